The molecular weight excluding hydrogens is 372 g/mol. The van der Waals surface area contributed by atoms with Crippen molar-refractivity contribution in [1.82, 2.24) is 30.4 Å². The van der Waals surface area contributed by atoms with Crippen molar-refractivity contribution in [2.24, 2.45) is 13.0 Å². The predicted molar refractivity (Wildman–Crippen MR) is 106 cm³/mol. The number of nitrogens with one attached hydrogen (secondary N) is 3. The summed E-state index contributed by atoms with van der Waals surface area (Å²) in [5, 5.41) is 20.2. The number of aromatic nitrogens is 4. The van der Waals surface area contributed by atoms with Crippen LogP contribution in [-0.4, -0.2) is 55.4 Å². The Morgan fingerprint density at radius 1 is 1.34 bits per heavy atom. The number of hydrogen-bond acceptors (Lipinski definition) is 5. The normalized spacial score (nSPS) is 21.4. The van der Waals surface area contributed by atoms with E-state index in [0.29, 0.717) is 31.4 Å². The number of nitrogens with zero attached hydrogens (tertiary/aromatic N) is 3. The molecule has 0 spiro atoms. The summed E-state index contributed by atoms with van der Waals surface area (Å²) in [6.07, 6.45) is 5.97. The lowest BCUT2D eigenvalue weighted by atomic mass is 10.1. The van der Waals surface area contributed by atoms with Crippen LogP contribution in [0.25, 0.3) is 11.0 Å². The third kappa shape index (κ3) is 4.29. The Bertz CT molecular complexity index is 1030. The first-order chi connectivity index (χ1) is 14.0. The van der Waals surface area contributed by atoms with E-state index in [-0.39, 0.29) is 17.7 Å². The van der Waals surface area contributed by atoms with Gasteiger partial charge in [-0.1, -0.05) is 0 Å². The first-order valence-electron chi connectivity index (χ1n) is 9.67. The zero-order valence-electron chi connectivity index (χ0n) is 16.1. The number of amides is 2. The number of carbonyl (C=O) groups excluding carboxylic acids is 2. The highest BCUT2D eigenvalue weighted by Crippen LogP contribution is 2.27. The first-order valence-corrected chi connectivity index (χ1v) is 9.67. The zero-order chi connectivity index (χ0) is 20.4. The number of aromatic amines is 1. The molecule has 0 bridgehead atoms. The van der Waals surface area contributed by atoms with Crippen LogP contribution in [0, 0.1) is 5.92 Å². The molecule has 2 heterocycles. The van der Waals surface area contributed by atoms with E-state index in [4.69, 9.17) is 0 Å². The van der Waals surface area contributed by atoms with Crippen molar-refractivity contribution in [2.75, 3.05) is 6.54 Å². The fourth-order valence-corrected chi connectivity index (χ4v) is 3.79. The maximum Gasteiger partial charge on any atom is 0.251 e. The second-order valence-electron chi connectivity index (χ2n) is 7.51. The van der Waals surface area contributed by atoms with E-state index in [1.807, 2.05) is 13.2 Å². The monoisotopic (exact) mass is 396 g/mol. The summed E-state index contributed by atoms with van der Waals surface area (Å²) in [5.74, 6) is -0.689. The summed E-state index contributed by atoms with van der Waals surface area (Å²) >= 11 is 0. The highest BCUT2D eigenvalue weighted by atomic mass is 16.3. The first kappa shape index (κ1) is 19.1. The summed E-state index contributed by atoms with van der Waals surface area (Å²) < 4.78 is 1.72. The van der Waals surface area contributed by atoms with Crippen LogP contribution in [0.4, 0.5) is 0 Å². The molecule has 3 aromatic rings. The van der Waals surface area contributed by atoms with E-state index in [9.17, 15) is 14.7 Å². The number of hydrogen-bond donors (Lipinski definition) is 4. The zero-order valence-corrected chi connectivity index (χ0v) is 16.1. The van der Waals surface area contributed by atoms with Crippen molar-refractivity contribution in [2.45, 2.75) is 31.4 Å². The molecule has 9 nitrogen and oxygen atoms in total. The number of aliphatic hydroxyl groups is 1. The summed E-state index contributed by atoms with van der Waals surface area (Å²) in [7, 11) is 1.85. The van der Waals surface area contributed by atoms with E-state index in [1.165, 1.54) is 0 Å². The smallest absolute Gasteiger partial charge is 0.251 e. The third-order valence-electron chi connectivity index (χ3n) is 5.37. The van der Waals surface area contributed by atoms with E-state index < -0.39 is 12.1 Å². The van der Waals surface area contributed by atoms with Gasteiger partial charge in [0.25, 0.3) is 5.91 Å². The summed E-state index contributed by atoms with van der Waals surface area (Å²) in [4.78, 5) is 32.1. The lowest BCUT2D eigenvalue weighted by molar-refractivity contribution is -0.125. The van der Waals surface area contributed by atoms with Crippen molar-refractivity contribution in [3.63, 3.8) is 0 Å². The number of H-pyrrole nitrogens is 1. The molecule has 4 rings (SSSR count). The maximum atomic E-state index is 12.6. The van der Waals surface area contributed by atoms with Crippen LogP contribution in [-0.2, 0) is 18.3 Å². The van der Waals surface area contributed by atoms with Crippen LogP contribution in [0.1, 0.15) is 28.8 Å². The molecule has 1 fully saturated rings. The average molecular weight is 396 g/mol. The Kier molecular flexibility index (Phi) is 5.30. The minimum absolute atomic E-state index is 0.0939. The quantitative estimate of drug-likeness (QED) is 0.484. The molecule has 2 aromatic heterocycles. The van der Waals surface area contributed by atoms with Gasteiger partial charge in [0.1, 0.15) is 0 Å². The van der Waals surface area contributed by atoms with Gasteiger partial charge in [-0.2, -0.15) is 5.10 Å². The van der Waals surface area contributed by atoms with E-state index >= 15 is 0 Å². The number of aliphatic hydroxyl groups excluding tert-OH is 1. The van der Waals surface area contributed by atoms with Gasteiger partial charge in [-0.15, -0.1) is 0 Å². The molecule has 3 atom stereocenters. The van der Waals surface area contributed by atoms with Crippen LogP contribution in [0.3, 0.4) is 0 Å². The Labute approximate surface area is 167 Å². The highest BCUT2D eigenvalue weighted by Gasteiger charge is 2.37. The number of rotatable bonds is 6. The Balaban J connectivity index is 1.29. The van der Waals surface area contributed by atoms with E-state index in [1.54, 1.807) is 35.4 Å². The minimum atomic E-state index is -0.746. The van der Waals surface area contributed by atoms with Crippen molar-refractivity contribution < 1.29 is 14.7 Å². The number of aryl methyl sites for hydroxylation is 1. The molecule has 1 saturated carbocycles. The number of carbonyl (C=O) groups is 2. The molecule has 1 aliphatic rings. The largest absolute Gasteiger partial charge is 0.391 e. The standard InChI is InChI=1S/C20H24N6O3/c1-26-10-12(9-24-26)4-5-21-19(28)14-7-17(18(27)8-14)25-20(29)13-2-3-15-16(6-13)23-11-22-15/h2-3,6,9-11,14,17-18,27H,4-5,7-8H2,1H3,(H,21,28)(H,22,23)(H,25,29)/t14-,17+,18+/m0/s1. The van der Waals surface area contributed by atoms with Crippen LogP contribution in [0.5, 0.6) is 0 Å². The van der Waals surface area contributed by atoms with Crippen LogP contribution in [0.15, 0.2) is 36.9 Å². The fourth-order valence-electron chi connectivity index (χ4n) is 3.79. The molecule has 0 unspecified atom stereocenters. The van der Waals surface area contributed by atoms with Crippen molar-refractivity contribution in [3.05, 3.63) is 48.0 Å². The van der Waals surface area contributed by atoms with Crippen LogP contribution >= 0.6 is 0 Å². The maximum absolute atomic E-state index is 12.6. The van der Waals surface area contributed by atoms with Gasteiger partial charge in [0.05, 0.1) is 35.7 Å². The third-order valence-corrected chi connectivity index (χ3v) is 5.37. The minimum Gasteiger partial charge on any atom is -0.391 e. The molecular formula is C20H24N6O3. The SMILES string of the molecule is Cn1cc(CCNC(=O)[C@@H]2C[C@@H](O)[C@H](NC(=O)c3ccc4nc[nH]c4c3)C2)cn1. The number of fused-ring (bicyclic) bond motifs is 1. The van der Waals surface area contributed by atoms with Gasteiger partial charge < -0.3 is 20.7 Å². The molecule has 4 N–H and O–H groups in total. The number of benzene rings is 1. The molecule has 1 aliphatic carbocycles. The predicted octanol–water partition coefficient (Wildman–Crippen LogP) is 0.525. The second kappa shape index (κ2) is 8.04. The second-order valence-corrected chi connectivity index (χ2v) is 7.51. The molecule has 0 radical (unpaired) electrons. The molecule has 0 aliphatic heterocycles. The van der Waals surface area contributed by atoms with E-state index in [0.717, 1.165) is 16.6 Å². The number of imidazole rings is 1. The van der Waals surface area contributed by atoms with Gasteiger partial charge in [0.15, 0.2) is 0 Å². The van der Waals surface area contributed by atoms with Gasteiger partial charge in [0.2, 0.25) is 5.91 Å². The molecule has 0 saturated heterocycles. The highest BCUT2D eigenvalue weighted by molar-refractivity contribution is 5.97. The van der Waals surface area contributed by atoms with Crippen molar-refractivity contribution >= 4 is 22.8 Å². The van der Waals surface area contributed by atoms with Gasteiger partial charge in [-0.3, -0.25) is 14.3 Å². The van der Waals surface area contributed by atoms with Crippen LogP contribution in [0.2, 0.25) is 0 Å². The van der Waals surface area contributed by atoms with Crippen molar-refractivity contribution in [3.8, 4) is 0 Å². The fraction of sp³-hybridized carbons (Fsp3) is 0.400. The van der Waals surface area contributed by atoms with Gasteiger partial charge in [-0.25, -0.2) is 4.98 Å². The Hall–Kier alpha value is -3.20. The topological polar surface area (TPSA) is 125 Å². The average Bonchev–Trinajstić information content (AvgIpc) is 3.42. The molecule has 152 valence electrons. The molecule has 2 amide bonds. The van der Waals surface area contributed by atoms with Gasteiger partial charge >= 0.3 is 0 Å². The van der Waals surface area contributed by atoms with Crippen molar-refractivity contribution in [1.29, 1.82) is 0 Å². The Morgan fingerprint density at radius 3 is 3.00 bits per heavy atom. The molecule has 29 heavy (non-hydrogen) atoms. The van der Waals surface area contributed by atoms with E-state index in [2.05, 4.69) is 25.7 Å². The molecule has 9 heteroatoms. The summed E-state index contributed by atoms with van der Waals surface area (Å²) in [5.41, 5.74) is 3.10. The van der Waals surface area contributed by atoms with Gasteiger partial charge in [0, 0.05) is 31.3 Å². The molecule has 1 aromatic carbocycles. The van der Waals surface area contributed by atoms with Crippen LogP contribution < -0.4 is 10.6 Å². The Morgan fingerprint density at radius 2 is 2.21 bits per heavy atom. The lowest BCUT2D eigenvalue weighted by Gasteiger charge is -2.16. The summed E-state index contributed by atoms with van der Waals surface area (Å²) in [6, 6.07) is 4.74. The summed E-state index contributed by atoms with van der Waals surface area (Å²) in [6.45, 7) is 0.512. The van der Waals surface area contributed by atoms with Gasteiger partial charge in [-0.05, 0) is 43.0 Å². The lowest BCUT2D eigenvalue weighted by Crippen LogP contribution is -2.40.